The minimum atomic E-state index is 0.378. The number of anilines is 1. The van der Waals surface area contributed by atoms with Crippen molar-refractivity contribution in [2.75, 3.05) is 18.0 Å². The summed E-state index contributed by atoms with van der Waals surface area (Å²) >= 11 is 0. The molecule has 0 saturated carbocycles. The van der Waals surface area contributed by atoms with Gasteiger partial charge in [0.25, 0.3) is 0 Å². The summed E-state index contributed by atoms with van der Waals surface area (Å²) < 4.78 is 2.43. The Labute approximate surface area is 135 Å². The molecule has 0 radical (unpaired) electrons. The zero-order valence-electron chi connectivity index (χ0n) is 13.1. The molecule has 1 fully saturated rings. The molecule has 4 heterocycles. The van der Waals surface area contributed by atoms with Crippen LogP contribution in [-0.4, -0.2) is 32.6 Å². The van der Waals surface area contributed by atoms with E-state index < -0.39 is 0 Å². The van der Waals surface area contributed by atoms with Crippen molar-refractivity contribution < 1.29 is 0 Å². The van der Waals surface area contributed by atoms with Crippen LogP contribution < -0.4 is 4.90 Å². The molecule has 2 aliphatic heterocycles. The van der Waals surface area contributed by atoms with Crippen LogP contribution in [0.2, 0.25) is 0 Å². The zero-order chi connectivity index (χ0) is 15.6. The fraction of sp³-hybridized carbons (Fsp3) is 0.529. The average Bonchev–Trinajstić information content (AvgIpc) is 3.06. The predicted molar refractivity (Wildman–Crippen MR) is 86.1 cm³/mol. The average molecular weight is 308 g/mol. The van der Waals surface area contributed by atoms with E-state index in [1.807, 2.05) is 0 Å². The van der Waals surface area contributed by atoms with Crippen molar-refractivity contribution >= 4 is 5.82 Å². The number of piperidine rings is 1. The topological polar surface area (TPSA) is 70.6 Å². The van der Waals surface area contributed by atoms with Crippen LogP contribution in [-0.2, 0) is 13.0 Å². The van der Waals surface area contributed by atoms with E-state index in [0.717, 1.165) is 38.3 Å². The van der Waals surface area contributed by atoms with E-state index in [-0.39, 0.29) is 0 Å². The second kappa shape index (κ2) is 5.99. The van der Waals surface area contributed by atoms with Gasteiger partial charge in [0.15, 0.2) is 5.69 Å². The number of hydrogen-bond donors (Lipinski definition) is 0. The van der Waals surface area contributed by atoms with Gasteiger partial charge in [-0.1, -0.05) is 0 Å². The molecule has 0 bridgehead atoms. The van der Waals surface area contributed by atoms with E-state index in [1.54, 1.807) is 6.20 Å². The predicted octanol–water partition coefficient (Wildman–Crippen LogP) is 2.27. The lowest BCUT2D eigenvalue weighted by Crippen LogP contribution is -2.36. The standard InChI is InChI=1S/C17H20N6/c18-8-14-9-19-11-16(21-14)22-6-3-4-13(12-22)17-20-10-15-5-1-2-7-23(15)17/h9-11,13H,1-7,12H2/t13-/m0/s1. The number of aryl methyl sites for hydroxylation is 1. The van der Waals surface area contributed by atoms with Crippen LogP contribution in [0.15, 0.2) is 18.6 Å². The van der Waals surface area contributed by atoms with Gasteiger partial charge in [0, 0.05) is 37.4 Å². The third kappa shape index (κ3) is 2.67. The van der Waals surface area contributed by atoms with Gasteiger partial charge >= 0.3 is 0 Å². The van der Waals surface area contributed by atoms with Crippen molar-refractivity contribution in [3.8, 4) is 6.07 Å². The number of imidazole rings is 1. The van der Waals surface area contributed by atoms with E-state index in [9.17, 15) is 0 Å². The number of nitriles is 1. The van der Waals surface area contributed by atoms with Crippen LogP contribution in [0.4, 0.5) is 5.82 Å². The van der Waals surface area contributed by atoms with E-state index >= 15 is 0 Å². The minimum Gasteiger partial charge on any atom is -0.355 e. The van der Waals surface area contributed by atoms with Crippen molar-refractivity contribution in [3.05, 3.63) is 35.8 Å². The highest BCUT2D eigenvalue weighted by Gasteiger charge is 2.27. The van der Waals surface area contributed by atoms with Gasteiger partial charge in [0.05, 0.1) is 12.4 Å². The van der Waals surface area contributed by atoms with E-state index in [4.69, 9.17) is 10.2 Å². The first-order chi connectivity index (χ1) is 11.3. The largest absolute Gasteiger partial charge is 0.355 e. The first-order valence-electron chi connectivity index (χ1n) is 8.36. The summed E-state index contributed by atoms with van der Waals surface area (Å²) in [5.74, 6) is 2.47. The van der Waals surface area contributed by atoms with Crippen molar-refractivity contribution in [1.29, 1.82) is 5.26 Å². The Bertz CT molecular complexity index is 744. The monoisotopic (exact) mass is 308 g/mol. The second-order valence-electron chi connectivity index (χ2n) is 6.38. The fourth-order valence-electron chi connectivity index (χ4n) is 3.74. The Hall–Kier alpha value is -2.42. The third-order valence-electron chi connectivity index (χ3n) is 4.88. The number of nitrogens with zero attached hydrogens (tertiary/aromatic N) is 6. The van der Waals surface area contributed by atoms with Crippen LogP contribution in [0, 0.1) is 11.3 Å². The van der Waals surface area contributed by atoms with Crippen molar-refractivity contribution in [2.45, 2.75) is 44.6 Å². The lowest BCUT2D eigenvalue weighted by Gasteiger charge is -2.33. The van der Waals surface area contributed by atoms with Crippen LogP contribution >= 0.6 is 0 Å². The summed E-state index contributed by atoms with van der Waals surface area (Å²) in [6.07, 6.45) is 11.3. The normalized spacial score (nSPS) is 20.8. The van der Waals surface area contributed by atoms with Crippen molar-refractivity contribution in [1.82, 2.24) is 19.5 Å². The highest BCUT2D eigenvalue weighted by atomic mass is 15.2. The van der Waals surface area contributed by atoms with Gasteiger partial charge in [-0.25, -0.2) is 9.97 Å². The van der Waals surface area contributed by atoms with Crippen LogP contribution in [0.5, 0.6) is 0 Å². The summed E-state index contributed by atoms with van der Waals surface area (Å²) in [6, 6.07) is 2.07. The molecule has 1 atom stereocenters. The minimum absolute atomic E-state index is 0.378. The Morgan fingerprint density at radius 3 is 3.00 bits per heavy atom. The molecule has 1 saturated heterocycles. The summed E-state index contributed by atoms with van der Waals surface area (Å²) in [4.78, 5) is 15.5. The number of aromatic nitrogens is 4. The molecule has 0 amide bonds. The fourth-order valence-corrected chi connectivity index (χ4v) is 3.74. The quantitative estimate of drug-likeness (QED) is 0.851. The van der Waals surface area contributed by atoms with Crippen molar-refractivity contribution in [2.24, 2.45) is 0 Å². The van der Waals surface area contributed by atoms with Crippen LogP contribution in [0.25, 0.3) is 0 Å². The van der Waals surface area contributed by atoms with Gasteiger partial charge in [-0.15, -0.1) is 0 Å². The molecule has 23 heavy (non-hydrogen) atoms. The maximum absolute atomic E-state index is 9.01. The molecule has 0 aromatic carbocycles. The van der Waals surface area contributed by atoms with Crippen molar-refractivity contribution in [3.63, 3.8) is 0 Å². The third-order valence-corrected chi connectivity index (χ3v) is 4.88. The SMILES string of the molecule is N#Cc1cncc(N2CCC[C@H](c3ncc4n3CCCC4)C2)n1. The number of rotatable bonds is 2. The van der Waals surface area contributed by atoms with Gasteiger partial charge in [-0.2, -0.15) is 5.26 Å². The lowest BCUT2D eigenvalue weighted by molar-refractivity contribution is 0.444. The Morgan fingerprint density at radius 1 is 1.13 bits per heavy atom. The number of hydrogen-bond acceptors (Lipinski definition) is 5. The molecule has 118 valence electrons. The molecule has 2 aliphatic rings. The molecular weight excluding hydrogens is 288 g/mol. The van der Waals surface area contributed by atoms with Gasteiger partial charge in [0.1, 0.15) is 17.7 Å². The summed E-state index contributed by atoms with van der Waals surface area (Å²) in [7, 11) is 0. The van der Waals surface area contributed by atoms with Gasteiger partial charge in [0.2, 0.25) is 0 Å². The summed E-state index contributed by atoms with van der Waals surface area (Å²) in [5, 5.41) is 9.01. The smallest absolute Gasteiger partial charge is 0.161 e. The first-order valence-corrected chi connectivity index (χ1v) is 8.36. The molecule has 2 aromatic heterocycles. The second-order valence-corrected chi connectivity index (χ2v) is 6.38. The Balaban J connectivity index is 1.57. The molecule has 6 nitrogen and oxygen atoms in total. The maximum atomic E-state index is 9.01. The summed E-state index contributed by atoms with van der Waals surface area (Å²) in [5.41, 5.74) is 1.76. The van der Waals surface area contributed by atoms with E-state index in [2.05, 4.69) is 31.7 Å². The van der Waals surface area contributed by atoms with Gasteiger partial charge in [-0.3, -0.25) is 4.98 Å². The molecule has 0 unspecified atom stereocenters. The molecule has 0 spiro atoms. The number of fused-ring (bicyclic) bond motifs is 1. The molecule has 6 heteroatoms. The molecule has 0 N–H and O–H groups in total. The highest BCUT2D eigenvalue weighted by Crippen LogP contribution is 2.30. The van der Waals surface area contributed by atoms with Gasteiger partial charge in [-0.05, 0) is 32.1 Å². The lowest BCUT2D eigenvalue weighted by atomic mass is 9.96. The zero-order valence-corrected chi connectivity index (χ0v) is 13.1. The first kappa shape index (κ1) is 14.2. The highest BCUT2D eigenvalue weighted by molar-refractivity contribution is 5.39. The van der Waals surface area contributed by atoms with Gasteiger partial charge < -0.3 is 9.47 Å². The maximum Gasteiger partial charge on any atom is 0.161 e. The Kier molecular flexibility index (Phi) is 3.70. The molecule has 0 aliphatic carbocycles. The summed E-state index contributed by atoms with van der Waals surface area (Å²) in [6.45, 7) is 2.97. The van der Waals surface area contributed by atoms with Crippen LogP contribution in [0.3, 0.4) is 0 Å². The Morgan fingerprint density at radius 2 is 2.09 bits per heavy atom. The molecular formula is C17H20N6. The van der Waals surface area contributed by atoms with Crippen LogP contribution in [0.1, 0.15) is 48.8 Å². The van der Waals surface area contributed by atoms with E-state index in [0.29, 0.717) is 11.6 Å². The molecule has 2 aromatic rings. The van der Waals surface area contributed by atoms with E-state index in [1.165, 1.54) is 37.0 Å². The molecule has 4 rings (SSSR count).